The minimum absolute atomic E-state index is 0.119. The average Bonchev–Trinajstić information content (AvgIpc) is 2.88. The number of aliphatic hydroxyl groups is 1. The molecule has 0 spiro atoms. The first-order valence-corrected chi connectivity index (χ1v) is 6.78. The van der Waals surface area contributed by atoms with Crippen LogP contribution in [0.4, 0.5) is 0 Å². The van der Waals surface area contributed by atoms with Crippen LogP contribution in [-0.2, 0) is 9.53 Å². The first-order chi connectivity index (χ1) is 8.14. The molecule has 1 saturated carbocycles. The minimum atomic E-state index is -0.560. The molecule has 2 fully saturated rings. The lowest BCUT2D eigenvalue weighted by molar-refractivity contribution is -0.149. The number of likely N-dealkylation sites (tertiary alicyclic amines) is 1. The largest absolute Gasteiger partial charge is 0.465 e. The zero-order valence-electron chi connectivity index (χ0n) is 10.7. The van der Waals surface area contributed by atoms with Gasteiger partial charge in [-0.3, -0.25) is 9.69 Å². The van der Waals surface area contributed by atoms with Crippen molar-refractivity contribution in [2.24, 2.45) is 0 Å². The first kappa shape index (κ1) is 12.8. The lowest BCUT2D eigenvalue weighted by Crippen LogP contribution is -2.46. The van der Waals surface area contributed by atoms with Gasteiger partial charge in [-0.2, -0.15) is 0 Å². The topological polar surface area (TPSA) is 49.8 Å². The third kappa shape index (κ3) is 2.99. The number of rotatable bonds is 4. The molecule has 17 heavy (non-hydrogen) atoms. The zero-order valence-corrected chi connectivity index (χ0v) is 10.7. The van der Waals surface area contributed by atoms with Crippen LogP contribution in [0.15, 0.2) is 0 Å². The molecule has 4 heteroatoms. The molecule has 98 valence electrons. The van der Waals surface area contributed by atoms with Crippen molar-refractivity contribution in [2.75, 3.05) is 19.7 Å². The Morgan fingerprint density at radius 1 is 1.41 bits per heavy atom. The zero-order chi connectivity index (χ0) is 12.3. The van der Waals surface area contributed by atoms with Gasteiger partial charge in [0.1, 0.15) is 6.04 Å². The van der Waals surface area contributed by atoms with Crippen LogP contribution in [0.25, 0.3) is 0 Å². The van der Waals surface area contributed by atoms with E-state index in [2.05, 4.69) is 4.90 Å². The highest BCUT2D eigenvalue weighted by molar-refractivity contribution is 5.76. The summed E-state index contributed by atoms with van der Waals surface area (Å²) in [5.41, 5.74) is -0.560. The summed E-state index contributed by atoms with van der Waals surface area (Å²) in [7, 11) is 0. The molecule has 2 aliphatic rings. The summed E-state index contributed by atoms with van der Waals surface area (Å²) >= 11 is 0. The van der Waals surface area contributed by atoms with E-state index >= 15 is 0 Å². The number of ether oxygens (including phenoxy) is 1. The Bertz CT molecular complexity index is 274. The van der Waals surface area contributed by atoms with Gasteiger partial charge in [0.25, 0.3) is 0 Å². The van der Waals surface area contributed by atoms with Crippen molar-refractivity contribution in [3.63, 3.8) is 0 Å². The van der Waals surface area contributed by atoms with Gasteiger partial charge in [-0.05, 0) is 39.2 Å². The summed E-state index contributed by atoms with van der Waals surface area (Å²) in [6, 6.07) is -0.125. The van der Waals surface area contributed by atoms with E-state index in [9.17, 15) is 9.90 Å². The molecular weight excluding hydrogens is 218 g/mol. The van der Waals surface area contributed by atoms with Gasteiger partial charge in [0, 0.05) is 6.54 Å². The molecule has 0 bridgehead atoms. The van der Waals surface area contributed by atoms with Crippen LogP contribution in [0.1, 0.15) is 45.4 Å². The summed E-state index contributed by atoms with van der Waals surface area (Å²) < 4.78 is 5.09. The molecule has 2 rings (SSSR count). The van der Waals surface area contributed by atoms with E-state index in [1.165, 1.54) is 0 Å². The number of nitrogens with zero attached hydrogens (tertiary/aromatic N) is 1. The van der Waals surface area contributed by atoms with Crippen LogP contribution < -0.4 is 0 Å². The summed E-state index contributed by atoms with van der Waals surface area (Å²) in [6.07, 6.45) is 5.86. The van der Waals surface area contributed by atoms with E-state index in [1.807, 2.05) is 6.92 Å². The highest BCUT2D eigenvalue weighted by Gasteiger charge is 2.39. The first-order valence-electron chi connectivity index (χ1n) is 6.78. The van der Waals surface area contributed by atoms with Crippen molar-refractivity contribution in [1.29, 1.82) is 0 Å². The lowest BCUT2D eigenvalue weighted by atomic mass is 10.0. The van der Waals surface area contributed by atoms with E-state index < -0.39 is 5.60 Å². The second-order valence-corrected chi connectivity index (χ2v) is 5.31. The number of β-amino-alcohol motifs (C(OH)–C–C–N with tert-alkyl or cyclic N) is 1. The highest BCUT2D eigenvalue weighted by atomic mass is 16.5. The number of carbonyl (C=O) groups excluding carboxylic acids is 1. The van der Waals surface area contributed by atoms with Crippen LogP contribution >= 0.6 is 0 Å². The van der Waals surface area contributed by atoms with Crippen LogP contribution in [0.5, 0.6) is 0 Å². The second kappa shape index (κ2) is 5.36. The molecule has 0 aromatic rings. The summed E-state index contributed by atoms with van der Waals surface area (Å²) in [5.74, 6) is -0.119. The Morgan fingerprint density at radius 2 is 2.12 bits per heavy atom. The Morgan fingerprint density at radius 3 is 2.76 bits per heavy atom. The Hall–Kier alpha value is -0.610. The van der Waals surface area contributed by atoms with E-state index in [1.54, 1.807) is 0 Å². The summed E-state index contributed by atoms with van der Waals surface area (Å²) in [5, 5.41) is 10.4. The second-order valence-electron chi connectivity index (χ2n) is 5.31. The van der Waals surface area contributed by atoms with Crippen molar-refractivity contribution in [3.8, 4) is 0 Å². The van der Waals surface area contributed by atoms with Gasteiger partial charge in [0.05, 0.1) is 12.2 Å². The molecule has 1 unspecified atom stereocenters. The Labute approximate surface area is 103 Å². The molecule has 0 radical (unpaired) electrons. The summed E-state index contributed by atoms with van der Waals surface area (Å²) in [6.45, 7) is 3.82. The molecule has 1 N–H and O–H groups in total. The number of carbonyl (C=O) groups is 1. The third-order valence-corrected chi connectivity index (χ3v) is 3.95. The SMILES string of the molecule is CCOC(=O)C1CCCN1CC1(O)CCCC1. The van der Waals surface area contributed by atoms with Gasteiger partial charge in [0.15, 0.2) is 0 Å². The number of hydrogen-bond acceptors (Lipinski definition) is 4. The minimum Gasteiger partial charge on any atom is -0.465 e. The predicted octanol–water partition coefficient (Wildman–Crippen LogP) is 1.32. The molecule has 0 amide bonds. The van der Waals surface area contributed by atoms with Gasteiger partial charge in [-0.25, -0.2) is 0 Å². The molecule has 1 saturated heterocycles. The van der Waals surface area contributed by atoms with Crippen LogP contribution in [0, 0.1) is 0 Å². The Balaban J connectivity index is 1.92. The number of hydrogen-bond donors (Lipinski definition) is 1. The molecule has 0 aromatic carbocycles. The number of esters is 1. The van der Waals surface area contributed by atoms with Crippen molar-refractivity contribution in [3.05, 3.63) is 0 Å². The van der Waals surface area contributed by atoms with Crippen LogP contribution in [-0.4, -0.2) is 47.3 Å². The average molecular weight is 241 g/mol. The fourth-order valence-electron chi connectivity index (χ4n) is 3.09. The van der Waals surface area contributed by atoms with Gasteiger partial charge in [-0.15, -0.1) is 0 Å². The van der Waals surface area contributed by atoms with E-state index in [0.29, 0.717) is 13.2 Å². The van der Waals surface area contributed by atoms with Crippen molar-refractivity contribution in [2.45, 2.75) is 57.1 Å². The normalized spacial score (nSPS) is 28.5. The van der Waals surface area contributed by atoms with E-state index in [4.69, 9.17) is 4.74 Å². The van der Waals surface area contributed by atoms with Crippen molar-refractivity contribution in [1.82, 2.24) is 4.90 Å². The maximum atomic E-state index is 11.8. The van der Waals surface area contributed by atoms with Gasteiger partial charge in [-0.1, -0.05) is 12.8 Å². The Kier molecular flexibility index (Phi) is 4.05. The fourth-order valence-corrected chi connectivity index (χ4v) is 3.09. The smallest absolute Gasteiger partial charge is 0.323 e. The molecule has 0 aromatic heterocycles. The van der Waals surface area contributed by atoms with Gasteiger partial charge in [0.2, 0.25) is 0 Å². The van der Waals surface area contributed by atoms with Crippen molar-refractivity contribution >= 4 is 5.97 Å². The van der Waals surface area contributed by atoms with Gasteiger partial charge >= 0.3 is 5.97 Å². The lowest BCUT2D eigenvalue weighted by Gasteiger charge is -2.31. The monoisotopic (exact) mass is 241 g/mol. The third-order valence-electron chi connectivity index (χ3n) is 3.95. The molecular formula is C13H23NO3. The molecule has 1 aliphatic heterocycles. The summed E-state index contributed by atoms with van der Waals surface area (Å²) in [4.78, 5) is 13.9. The highest BCUT2D eigenvalue weighted by Crippen LogP contribution is 2.32. The maximum absolute atomic E-state index is 11.8. The molecule has 4 nitrogen and oxygen atoms in total. The van der Waals surface area contributed by atoms with Crippen LogP contribution in [0.3, 0.4) is 0 Å². The van der Waals surface area contributed by atoms with Crippen molar-refractivity contribution < 1.29 is 14.6 Å². The van der Waals surface area contributed by atoms with Gasteiger partial charge < -0.3 is 9.84 Å². The quantitative estimate of drug-likeness (QED) is 0.754. The fraction of sp³-hybridized carbons (Fsp3) is 0.923. The molecule has 1 atom stereocenters. The van der Waals surface area contributed by atoms with E-state index in [0.717, 1.165) is 45.1 Å². The molecule has 1 heterocycles. The van der Waals surface area contributed by atoms with Crippen LogP contribution in [0.2, 0.25) is 0 Å². The van der Waals surface area contributed by atoms with E-state index in [-0.39, 0.29) is 12.0 Å². The molecule has 1 aliphatic carbocycles. The predicted molar refractivity (Wildman–Crippen MR) is 64.6 cm³/mol. The maximum Gasteiger partial charge on any atom is 0.323 e. The standard InChI is InChI=1S/C13H23NO3/c1-2-17-12(15)11-6-5-9-14(11)10-13(16)7-3-4-8-13/h11,16H,2-10H2,1H3.